The Morgan fingerprint density at radius 2 is 1.57 bits per heavy atom. The van der Waals surface area contributed by atoms with Crippen molar-refractivity contribution in [2.24, 2.45) is 0 Å². The second kappa shape index (κ2) is 6.57. The zero-order valence-corrected chi connectivity index (χ0v) is 13.2. The molecule has 0 spiro atoms. The average molecular weight is 281 g/mol. The third-order valence-electron chi connectivity index (χ3n) is 3.60. The van der Waals surface area contributed by atoms with E-state index in [1.165, 1.54) is 10.8 Å². The van der Waals surface area contributed by atoms with E-state index in [1.807, 2.05) is 62.9 Å². The Balaban J connectivity index is 2.29. The van der Waals surface area contributed by atoms with E-state index in [0.717, 1.165) is 5.56 Å². The van der Waals surface area contributed by atoms with E-state index >= 15 is 0 Å². The molecule has 0 bridgehead atoms. The summed E-state index contributed by atoms with van der Waals surface area (Å²) in [6, 6.07) is 14.8. The number of nitrogens with zero attached hydrogens (tertiary/aromatic N) is 1. The van der Waals surface area contributed by atoms with Gasteiger partial charge in [-0.15, -0.1) is 0 Å². The molecule has 0 radical (unpaired) electrons. The van der Waals surface area contributed by atoms with Crippen LogP contribution in [0.1, 0.15) is 33.3 Å². The molecule has 0 aliphatic rings. The van der Waals surface area contributed by atoms with Crippen LogP contribution in [0.3, 0.4) is 0 Å². The van der Waals surface area contributed by atoms with Crippen LogP contribution < -0.4 is 0 Å². The molecule has 2 aromatic rings. The van der Waals surface area contributed by atoms with Gasteiger partial charge in [0.1, 0.15) is 0 Å². The summed E-state index contributed by atoms with van der Waals surface area (Å²) in [6.45, 7) is 8.18. The predicted octanol–water partition coefficient (Wildman–Crippen LogP) is 4.50. The summed E-state index contributed by atoms with van der Waals surface area (Å²) in [6.07, 6.45) is 3.60. The molecule has 21 heavy (non-hydrogen) atoms. The van der Waals surface area contributed by atoms with Gasteiger partial charge in [0.15, 0.2) is 0 Å². The standard InChI is InChI=1S/C19H23NO/c1-14(2)20(15(3)4)19(21)13-12-17-10-7-9-16-8-5-6-11-18(16)17/h5-15H,1-4H3/b13-12+. The molecule has 2 rings (SSSR count). The molecule has 110 valence electrons. The third-order valence-corrected chi connectivity index (χ3v) is 3.60. The number of carbonyl (C=O) groups is 1. The van der Waals surface area contributed by atoms with E-state index in [4.69, 9.17) is 0 Å². The van der Waals surface area contributed by atoms with Gasteiger partial charge in [-0.1, -0.05) is 42.5 Å². The molecule has 0 aromatic heterocycles. The highest BCUT2D eigenvalue weighted by Gasteiger charge is 2.17. The van der Waals surface area contributed by atoms with Gasteiger partial charge >= 0.3 is 0 Å². The molecular formula is C19H23NO. The van der Waals surface area contributed by atoms with Gasteiger partial charge < -0.3 is 4.90 Å². The van der Waals surface area contributed by atoms with Crippen LogP contribution in [0.25, 0.3) is 16.8 Å². The highest BCUT2D eigenvalue weighted by atomic mass is 16.2. The second-order valence-electron chi connectivity index (χ2n) is 5.83. The van der Waals surface area contributed by atoms with Crippen molar-refractivity contribution in [2.45, 2.75) is 39.8 Å². The smallest absolute Gasteiger partial charge is 0.247 e. The van der Waals surface area contributed by atoms with Gasteiger partial charge in [0, 0.05) is 18.2 Å². The average Bonchev–Trinajstić information content (AvgIpc) is 2.44. The quantitative estimate of drug-likeness (QED) is 0.756. The fraction of sp³-hybridized carbons (Fsp3) is 0.316. The van der Waals surface area contributed by atoms with Crippen molar-refractivity contribution in [1.29, 1.82) is 0 Å². The number of fused-ring (bicyclic) bond motifs is 1. The SMILES string of the molecule is CC(C)N(C(=O)/C=C/c1cccc2ccccc12)C(C)C. The van der Waals surface area contributed by atoms with E-state index in [1.54, 1.807) is 6.08 Å². The maximum Gasteiger partial charge on any atom is 0.247 e. The van der Waals surface area contributed by atoms with Crippen LogP contribution in [0.4, 0.5) is 0 Å². The molecule has 0 saturated carbocycles. The Morgan fingerprint density at radius 1 is 0.952 bits per heavy atom. The van der Waals surface area contributed by atoms with Crippen molar-refractivity contribution in [2.75, 3.05) is 0 Å². The van der Waals surface area contributed by atoms with Crippen LogP contribution in [0.5, 0.6) is 0 Å². The summed E-state index contributed by atoms with van der Waals surface area (Å²) < 4.78 is 0. The van der Waals surface area contributed by atoms with Gasteiger partial charge in [0.05, 0.1) is 0 Å². The minimum absolute atomic E-state index is 0.0629. The molecule has 0 aliphatic carbocycles. The minimum atomic E-state index is 0.0629. The summed E-state index contributed by atoms with van der Waals surface area (Å²) in [7, 11) is 0. The number of carbonyl (C=O) groups excluding carboxylic acids is 1. The number of rotatable bonds is 4. The van der Waals surface area contributed by atoms with E-state index in [9.17, 15) is 4.79 Å². The fourth-order valence-electron chi connectivity index (χ4n) is 2.75. The van der Waals surface area contributed by atoms with Gasteiger partial charge in [0.25, 0.3) is 0 Å². The summed E-state index contributed by atoms with van der Waals surface area (Å²) in [5, 5.41) is 2.36. The Bertz CT molecular complexity index is 642. The maximum absolute atomic E-state index is 12.4. The van der Waals surface area contributed by atoms with Crippen LogP contribution >= 0.6 is 0 Å². The lowest BCUT2D eigenvalue weighted by Crippen LogP contribution is -2.41. The lowest BCUT2D eigenvalue weighted by molar-refractivity contribution is -0.129. The Labute approximate surface area is 127 Å². The highest BCUT2D eigenvalue weighted by Crippen LogP contribution is 2.20. The van der Waals surface area contributed by atoms with Gasteiger partial charge in [-0.25, -0.2) is 0 Å². The van der Waals surface area contributed by atoms with Crippen LogP contribution in [-0.2, 0) is 4.79 Å². The first-order valence-corrected chi connectivity index (χ1v) is 7.49. The monoisotopic (exact) mass is 281 g/mol. The number of hydrogen-bond donors (Lipinski definition) is 0. The molecule has 2 heteroatoms. The van der Waals surface area contributed by atoms with E-state index in [0.29, 0.717) is 0 Å². The summed E-state index contributed by atoms with van der Waals surface area (Å²) in [4.78, 5) is 14.3. The van der Waals surface area contributed by atoms with Crippen molar-refractivity contribution in [3.05, 3.63) is 54.1 Å². The topological polar surface area (TPSA) is 20.3 Å². The van der Waals surface area contributed by atoms with Gasteiger partial charge in [0.2, 0.25) is 5.91 Å². The molecule has 0 aliphatic heterocycles. The Morgan fingerprint density at radius 3 is 2.24 bits per heavy atom. The van der Waals surface area contributed by atoms with Crippen LogP contribution in [0.15, 0.2) is 48.5 Å². The molecule has 0 N–H and O–H groups in total. The van der Waals surface area contributed by atoms with Gasteiger partial charge in [-0.2, -0.15) is 0 Å². The molecule has 0 fully saturated rings. The first-order chi connectivity index (χ1) is 10.0. The zero-order valence-electron chi connectivity index (χ0n) is 13.2. The molecule has 0 unspecified atom stereocenters. The second-order valence-corrected chi connectivity index (χ2v) is 5.83. The van der Waals surface area contributed by atoms with E-state index in [-0.39, 0.29) is 18.0 Å². The third kappa shape index (κ3) is 3.52. The molecule has 1 amide bonds. The fourth-order valence-corrected chi connectivity index (χ4v) is 2.75. The molecule has 0 saturated heterocycles. The molecular weight excluding hydrogens is 258 g/mol. The van der Waals surface area contributed by atoms with E-state index < -0.39 is 0 Å². The Hall–Kier alpha value is -2.09. The molecule has 2 aromatic carbocycles. The zero-order chi connectivity index (χ0) is 15.4. The summed E-state index contributed by atoms with van der Waals surface area (Å²) in [5.41, 5.74) is 1.08. The summed E-state index contributed by atoms with van der Waals surface area (Å²) in [5.74, 6) is 0.0629. The molecule has 2 nitrogen and oxygen atoms in total. The Kier molecular flexibility index (Phi) is 4.79. The summed E-state index contributed by atoms with van der Waals surface area (Å²) >= 11 is 0. The van der Waals surface area contributed by atoms with Crippen molar-refractivity contribution >= 4 is 22.8 Å². The van der Waals surface area contributed by atoms with Crippen LogP contribution in [0, 0.1) is 0 Å². The van der Waals surface area contributed by atoms with Crippen molar-refractivity contribution in [3.8, 4) is 0 Å². The van der Waals surface area contributed by atoms with Gasteiger partial charge in [-0.3, -0.25) is 4.79 Å². The van der Waals surface area contributed by atoms with Crippen LogP contribution in [-0.4, -0.2) is 22.9 Å². The number of benzene rings is 2. The molecule has 0 atom stereocenters. The largest absolute Gasteiger partial charge is 0.334 e. The first-order valence-electron chi connectivity index (χ1n) is 7.49. The first kappa shape index (κ1) is 15.3. The molecule has 0 heterocycles. The highest BCUT2D eigenvalue weighted by molar-refractivity contribution is 5.96. The number of amides is 1. The minimum Gasteiger partial charge on any atom is -0.334 e. The maximum atomic E-state index is 12.4. The van der Waals surface area contributed by atoms with Gasteiger partial charge in [-0.05, 0) is 50.1 Å². The number of hydrogen-bond acceptors (Lipinski definition) is 1. The predicted molar refractivity (Wildman–Crippen MR) is 90.1 cm³/mol. The van der Waals surface area contributed by atoms with Crippen molar-refractivity contribution in [1.82, 2.24) is 4.90 Å². The lowest BCUT2D eigenvalue weighted by atomic mass is 10.0. The van der Waals surface area contributed by atoms with Crippen molar-refractivity contribution in [3.63, 3.8) is 0 Å². The van der Waals surface area contributed by atoms with E-state index in [2.05, 4.69) is 18.2 Å². The van der Waals surface area contributed by atoms with Crippen molar-refractivity contribution < 1.29 is 4.79 Å². The normalized spacial score (nSPS) is 11.7. The lowest BCUT2D eigenvalue weighted by Gasteiger charge is -2.29. The van der Waals surface area contributed by atoms with Crippen LogP contribution in [0.2, 0.25) is 0 Å².